The van der Waals surface area contributed by atoms with Gasteiger partial charge in [0.2, 0.25) is 5.91 Å². The largest absolute Gasteiger partial charge is 0.478 e. The molecule has 0 atom stereocenters. The molecule has 1 amide bonds. The highest BCUT2D eigenvalue weighted by Gasteiger charge is 2.01. The summed E-state index contributed by atoms with van der Waals surface area (Å²) in [5.74, 6) is -0.658. The van der Waals surface area contributed by atoms with Crippen molar-refractivity contribution >= 4 is 11.9 Å². The van der Waals surface area contributed by atoms with Gasteiger partial charge in [0.1, 0.15) is 5.75 Å². The number of carboxylic acid groups (broad SMARTS) is 1. The van der Waals surface area contributed by atoms with Gasteiger partial charge in [0, 0.05) is 6.92 Å². The number of carbonyl (C=O) groups is 2. The molecule has 0 aromatic heterocycles. The molecule has 0 heterocycles. The van der Waals surface area contributed by atoms with Crippen LogP contribution in [0.4, 0.5) is 0 Å². The minimum Gasteiger partial charge on any atom is -0.478 e. The average Bonchev–Trinajstić information content (AvgIpc) is 2.18. The van der Waals surface area contributed by atoms with E-state index < -0.39 is 5.97 Å². The van der Waals surface area contributed by atoms with Gasteiger partial charge in [-0.15, -0.1) is 0 Å². The molecule has 1 rings (SSSR count). The molecule has 15 heavy (non-hydrogen) atoms. The van der Waals surface area contributed by atoms with Crippen LogP contribution in [-0.4, -0.2) is 23.7 Å². The van der Waals surface area contributed by atoms with Crippen LogP contribution in [0.25, 0.3) is 0 Å². The van der Waals surface area contributed by atoms with Crippen LogP contribution in [0.5, 0.6) is 5.75 Å². The highest BCUT2D eigenvalue weighted by atomic mass is 16.5. The Hall–Kier alpha value is -2.04. The van der Waals surface area contributed by atoms with Crippen molar-refractivity contribution in [1.29, 1.82) is 0 Å². The van der Waals surface area contributed by atoms with Gasteiger partial charge in [0.25, 0.3) is 0 Å². The predicted molar refractivity (Wildman–Crippen MR) is 52.7 cm³/mol. The van der Waals surface area contributed by atoms with Gasteiger partial charge in [-0.1, -0.05) is 0 Å². The standard InChI is InChI=1S/C10H11NO4/c1-7(12)11-6-15-9-4-2-8(3-5-9)10(13)14/h2-5H,6H2,1H3,(H,11,12)(H,13,14). The summed E-state index contributed by atoms with van der Waals surface area (Å²) >= 11 is 0. The zero-order valence-electron chi connectivity index (χ0n) is 8.19. The summed E-state index contributed by atoms with van der Waals surface area (Å²) < 4.78 is 5.13. The molecule has 1 aromatic rings. The molecular weight excluding hydrogens is 198 g/mol. The number of amides is 1. The number of nitrogens with one attached hydrogen (secondary N) is 1. The van der Waals surface area contributed by atoms with E-state index in [1.54, 1.807) is 0 Å². The topological polar surface area (TPSA) is 75.6 Å². The molecule has 2 N–H and O–H groups in total. The Morgan fingerprint density at radius 3 is 2.40 bits per heavy atom. The molecular formula is C10H11NO4. The van der Waals surface area contributed by atoms with Crippen LogP contribution in [0.2, 0.25) is 0 Å². The number of hydrogen-bond donors (Lipinski definition) is 2. The molecule has 0 aliphatic heterocycles. The maximum Gasteiger partial charge on any atom is 0.335 e. The van der Waals surface area contributed by atoms with E-state index in [2.05, 4.69) is 5.32 Å². The second-order valence-electron chi connectivity index (χ2n) is 2.85. The van der Waals surface area contributed by atoms with Crippen LogP contribution in [0.15, 0.2) is 24.3 Å². The first-order valence-corrected chi connectivity index (χ1v) is 4.30. The first kappa shape index (κ1) is 11.0. The minimum atomic E-state index is -0.983. The van der Waals surface area contributed by atoms with Crippen molar-refractivity contribution in [2.75, 3.05) is 6.73 Å². The van der Waals surface area contributed by atoms with E-state index >= 15 is 0 Å². The van der Waals surface area contributed by atoms with Crippen molar-refractivity contribution in [3.05, 3.63) is 29.8 Å². The van der Waals surface area contributed by atoms with Gasteiger partial charge in [-0.2, -0.15) is 0 Å². The quantitative estimate of drug-likeness (QED) is 0.721. The van der Waals surface area contributed by atoms with Crippen LogP contribution in [0, 0.1) is 0 Å². The van der Waals surface area contributed by atoms with Gasteiger partial charge in [-0.3, -0.25) is 4.79 Å². The molecule has 0 aliphatic carbocycles. The Bertz CT molecular complexity index is 358. The van der Waals surface area contributed by atoms with Gasteiger partial charge < -0.3 is 15.2 Å². The molecule has 5 nitrogen and oxygen atoms in total. The lowest BCUT2D eigenvalue weighted by molar-refractivity contribution is -0.119. The van der Waals surface area contributed by atoms with Crippen LogP contribution < -0.4 is 10.1 Å². The molecule has 0 saturated heterocycles. The molecule has 0 aliphatic rings. The first-order valence-electron chi connectivity index (χ1n) is 4.30. The lowest BCUT2D eigenvalue weighted by Crippen LogP contribution is -2.24. The average molecular weight is 209 g/mol. The van der Waals surface area contributed by atoms with E-state index in [1.165, 1.54) is 31.2 Å². The third-order valence-corrected chi connectivity index (χ3v) is 1.66. The zero-order valence-corrected chi connectivity index (χ0v) is 8.19. The van der Waals surface area contributed by atoms with Gasteiger partial charge >= 0.3 is 5.97 Å². The SMILES string of the molecule is CC(=O)NCOc1ccc(C(=O)O)cc1. The summed E-state index contributed by atoms with van der Waals surface area (Å²) in [6.45, 7) is 1.46. The zero-order chi connectivity index (χ0) is 11.3. The van der Waals surface area contributed by atoms with Crippen molar-refractivity contribution in [2.45, 2.75) is 6.92 Å². The van der Waals surface area contributed by atoms with Crippen molar-refractivity contribution in [3.63, 3.8) is 0 Å². The predicted octanol–water partition coefficient (Wildman–Crippen LogP) is 0.857. The lowest BCUT2D eigenvalue weighted by atomic mass is 10.2. The van der Waals surface area contributed by atoms with Gasteiger partial charge in [0.15, 0.2) is 6.73 Å². The van der Waals surface area contributed by atoms with E-state index in [4.69, 9.17) is 9.84 Å². The number of ether oxygens (including phenoxy) is 1. The third kappa shape index (κ3) is 3.68. The molecule has 80 valence electrons. The number of benzene rings is 1. The Morgan fingerprint density at radius 2 is 1.93 bits per heavy atom. The fourth-order valence-electron chi connectivity index (χ4n) is 0.915. The summed E-state index contributed by atoms with van der Waals surface area (Å²) in [7, 11) is 0. The number of aromatic carboxylic acids is 1. The summed E-state index contributed by atoms with van der Waals surface area (Å²) in [4.78, 5) is 21.0. The van der Waals surface area contributed by atoms with E-state index in [1.807, 2.05) is 0 Å². The number of rotatable bonds is 4. The Kier molecular flexibility index (Phi) is 3.68. The number of carbonyl (C=O) groups excluding carboxylic acids is 1. The number of carboxylic acids is 1. The highest BCUT2D eigenvalue weighted by Crippen LogP contribution is 2.11. The maximum absolute atomic E-state index is 10.5. The fraction of sp³-hybridized carbons (Fsp3) is 0.200. The minimum absolute atomic E-state index is 0.0712. The Labute approximate surface area is 86.7 Å². The fourth-order valence-corrected chi connectivity index (χ4v) is 0.915. The first-order chi connectivity index (χ1) is 7.09. The Morgan fingerprint density at radius 1 is 1.33 bits per heavy atom. The second-order valence-corrected chi connectivity index (χ2v) is 2.85. The van der Waals surface area contributed by atoms with Crippen LogP contribution >= 0.6 is 0 Å². The van der Waals surface area contributed by atoms with E-state index in [9.17, 15) is 9.59 Å². The Balaban J connectivity index is 2.50. The molecule has 0 spiro atoms. The molecule has 5 heteroatoms. The monoisotopic (exact) mass is 209 g/mol. The van der Waals surface area contributed by atoms with Crippen molar-refractivity contribution < 1.29 is 19.4 Å². The van der Waals surface area contributed by atoms with Crippen LogP contribution in [0.1, 0.15) is 17.3 Å². The molecule has 0 fully saturated rings. The summed E-state index contributed by atoms with van der Waals surface area (Å²) in [6.07, 6.45) is 0. The molecule has 0 unspecified atom stereocenters. The summed E-state index contributed by atoms with van der Waals surface area (Å²) in [5, 5.41) is 11.1. The maximum atomic E-state index is 10.5. The van der Waals surface area contributed by atoms with Gasteiger partial charge in [0.05, 0.1) is 5.56 Å². The smallest absolute Gasteiger partial charge is 0.335 e. The van der Waals surface area contributed by atoms with Gasteiger partial charge in [-0.25, -0.2) is 4.79 Å². The van der Waals surface area contributed by atoms with Crippen LogP contribution in [-0.2, 0) is 4.79 Å². The molecule has 0 radical (unpaired) electrons. The lowest BCUT2D eigenvalue weighted by Gasteiger charge is -2.06. The van der Waals surface area contributed by atoms with Gasteiger partial charge in [-0.05, 0) is 24.3 Å². The highest BCUT2D eigenvalue weighted by molar-refractivity contribution is 5.87. The second kappa shape index (κ2) is 4.99. The normalized spacial score (nSPS) is 9.40. The van der Waals surface area contributed by atoms with Crippen molar-refractivity contribution in [1.82, 2.24) is 5.32 Å². The summed E-state index contributed by atoms with van der Waals surface area (Å²) in [5.41, 5.74) is 0.196. The van der Waals surface area contributed by atoms with E-state index in [0.29, 0.717) is 5.75 Å². The van der Waals surface area contributed by atoms with Crippen molar-refractivity contribution in [2.24, 2.45) is 0 Å². The van der Waals surface area contributed by atoms with E-state index in [-0.39, 0.29) is 18.2 Å². The molecule has 0 bridgehead atoms. The van der Waals surface area contributed by atoms with Crippen LogP contribution in [0.3, 0.4) is 0 Å². The van der Waals surface area contributed by atoms with E-state index in [0.717, 1.165) is 0 Å². The summed E-state index contributed by atoms with van der Waals surface area (Å²) in [6, 6.07) is 5.94. The van der Waals surface area contributed by atoms with Crippen molar-refractivity contribution in [3.8, 4) is 5.75 Å². The number of hydrogen-bond acceptors (Lipinski definition) is 3. The molecule has 0 saturated carbocycles. The molecule has 1 aromatic carbocycles. The third-order valence-electron chi connectivity index (χ3n) is 1.66.